The maximum absolute atomic E-state index is 5.62. The van der Waals surface area contributed by atoms with Crippen molar-refractivity contribution in [3.05, 3.63) is 34.1 Å². The maximum atomic E-state index is 5.62. The molecule has 1 saturated carbocycles. The highest BCUT2D eigenvalue weighted by atomic mass is 32.1. The Balaban J connectivity index is 1.88. The number of nitrogens with zero attached hydrogens (tertiary/aromatic N) is 2. The molecule has 2 N–H and O–H groups in total. The molecule has 2 aromatic heterocycles. The first kappa shape index (κ1) is 11.5. The predicted molar refractivity (Wildman–Crippen MR) is 77.6 cm³/mol. The third kappa shape index (κ3) is 2.08. The summed E-state index contributed by atoms with van der Waals surface area (Å²) in [7, 11) is 0. The number of thiazole rings is 1. The van der Waals surface area contributed by atoms with E-state index in [0.29, 0.717) is 5.13 Å². The average molecular weight is 259 g/mol. The molecule has 2 heterocycles. The Bertz CT molecular complexity index is 603. The highest BCUT2D eigenvalue weighted by Crippen LogP contribution is 2.38. The topological polar surface area (TPSA) is 43.8 Å². The molecule has 0 spiro atoms. The van der Waals surface area contributed by atoms with Gasteiger partial charge in [0.1, 0.15) is 0 Å². The summed E-state index contributed by atoms with van der Waals surface area (Å²) in [4.78, 5) is 4.23. The van der Waals surface area contributed by atoms with E-state index in [9.17, 15) is 0 Å². The summed E-state index contributed by atoms with van der Waals surface area (Å²) >= 11 is 1.48. The predicted octanol–water partition coefficient (Wildman–Crippen LogP) is 3.65. The molecule has 18 heavy (non-hydrogen) atoms. The van der Waals surface area contributed by atoms with E-state index in [1.165, 1.54) is 41.1 Å². The molecular formula is C14H17N3S. The lowest BCUT2D eigenvalue weighted by Gasteiger charge is -2.06. The molecule has 94 valence electrons. The van der Waals surface area contributed by atoms with Crippen molar-refractivity contribution in [2.45, 2.75) is 32.7 Å². The van der Waals surface area contributed by atoms with Gasteiger partial charge in [0.05, 0.1) is 5.69 Å². The summed E-state index contributed by atoms with van der Waals surface area (Å²) < 4.78 is 2.45. The summed E-state index contributed by atoms with van der Waals surface area (Å²) in [5, 5.41) is 2.60. The first-order valence-electron chi connectivity index (χ1n) is 6.22. The zero-order valence-corrected chi connectivity index (χ0v) is 11.5. The van der Waals surface area contributed by atoms with Gasteiger partial charge in [-0.05, 0) is 44.4 Å². The normalized spacial score (nSPS) is 15.7. The van der Waals surface area contributed by atoms with Gasteiger partial charge in [-0.15, -0.1) is 11.3 Å². The summed E-state index contributed by atoms with van der Waals surface area (Å²) in [6.45, 7) is 4.38. The Morgan fingerprint density at radius 3 is 2.78 bits per heavy atom. The van der Waals surface area contributed by atoms with Crippen LogP contribution in [0.15, 0.2) is 11.4 Å². The van der Waals surface area contributed by atoms with Gasteiger partial charge in [0.25, 0.3) is 0 Å². The van der Waals surface area contributed by atoms with Crippen molar-refractivity contribution in [3.8, 4) is 0 Å². The molecule has 0 unspecified atom stereocenters. The minimum atomic E-state index is 0.623. The molecular weight excluding hydrogens is 242 g/mol. The highest BCUT2D eigenvalue weighted by Gasteiger charge is 2.26. The number of nitrogen functional groups attached to an aromatic ring is 1. The molecule has 3 rings (SSSR count). The van der Waals surface area contributed by atoms with Gasteiger partial charge >= 0.3 is 0 Å². The van der Waals surface area contributed by atoms with Crippen LogP contribution in [-0.2, 0) is 0 Å². The molecule has 4 heteroatoms. The number of rotatable bonds is 3. The van der Waals surface area contributed by atoms with E-state index < -0.39 is 0 Å². The molecule has 3 nitrogen and oxygen atoms in total. The number of hydrogen-bond donors (Lipinski definition) is 1. The van der Waals surface area contributed by atoms with Crippen LogP contribution >= 0.6 is 11.3 Å². The van der Waals surface area contributed by atoms with Crippen LogP contribution in [0.5, 0.6) is 0 Å². The Morgan fingerprint density at radius 2 is 2.17 bits per heavy atom. The minimum Gasteiger partial charge on any atom is -0.375 e. The molecule has 0 atom stereocenters. The van der Waals surface area contributed by atoms with Crippen LogP contribution in [-0.4, -0.2) is 9.55 Å². The van der Waals surface area contributed by atoms with Crippen molar-refractivity contribution in [2.75, 3.05) is 5.73 Å². The van der Waals surface area contributed by atoms with Crippen LogP contribution in [0.4, 0.5) is 5.13 Å². The fourth-order valence-corrected chi connectivity index (χ4v) is 2.95. The lowest BCUT2D eigenvalue weighted by atomic mass is 10.2. The van der Waals surface area contributed by atoms with Gasteiger partial charge in [-0.2, -0.15) is 0 Å². The zero-order chi connectivity index (χ0) is 12.7. The first-order chi connectivity index (χ1) is 8.65. The number of hydrogen-bond acceptors (Lipinski definition) is 3. The number of aryl methyl sites for hydroxylation is 1. The van der Waals surface area contributed by atoms with Crippen molar-refractivity contribution < 1.29 is 0 Å². The van der Waals surface area contributed by atoms with Crippen LogP contribution < -0.4 is 5.73 Å². The molecule has 1 fully saturated rings. The standard InChI is InChI=1S/C14H17N3S/c1-9-7-11(10(2)17(9)13-5-6-13)3-4-12-8-18-14(15)16-12/h3-4,7-8,13H,5-6H2,1-2H3,(H2,15,16)/b4-3+. The van der Waals surface area contributed by atoms with Crippen LogP contribution in [0.25, 0.3) is 12.2 Å². The van der Waals surface area contributed by atoms with Crippen molar-refractivity contribution >= 4 is 28.6 Å². The first-order valence-corrected chi connectivity index (χ1v) is 7.10. The average Bonchev–Trinajstić information content (AvgIpc) is 3.00. The second-order valence-electron chi connectivity index (χ2n) is 4.87. The van der Waals surface area contributed by atoms with Gasteiger partial charge in [0, 0.05) is 22.8 Å². The van der Waals surface area contributed by atoms with Gasteiger partial charge in [-0.25, -0.2) is 4.98 Å². The minimum absolute atomic E-state index is 0.623. The molecule has 1 aliphatic rings. The molecule has 1 aliphatic carbocycles. The van der Waals surface area contributed by atoms with Gasteiger partial charge < -0.3 is 10.3 Å². The van der Waals surface area contributed by atoms with Crippen LogP contribution in [0.3, 0.4) is 0 Å². The molecule has 0 radical (unpaired) electrons. The van der Waals surface area contributed by atoms with Gasteiger partial charge in [-0.3, -0.25) is 0 Å². The monoisotopic (exact) mass is 259 g/mol. The van der Waals surface area contributed by atoms with E-state index in [1.54, 1.807) is 0 Å². The molecule has 2 aromatic rings. The Kier molecular flexibility index (Phi) is 2.74. The zero-order valence-electron chi connectivity index (χ0n) is 10.7. The lowest BCUT2D eigenvalue weighted by molar-refractivity contribution is 0.699. The molecule has 0 aromatic carbocycles. The highest BCUT2D eigenvalue weighted by molar-refractivity contribution is 7.13. The Hall–Kier alpha value is -1.55. The summed E-state index contributed by atoms with van der Waals surface area (Å²) in [5.74, 6) is 0. The number of anilines is 1. The van der Waals surface area contributed by atoms with Crippen LogP contribution in [0, 0.1) is 13.8 Å². The quantitative estimate of drug-likeness (QED) is 0.914. The second-order valence-corrected chi connectivity index (χ2v) is 5.76. The van der Waals surface area contributed by atoms with Gasteiger partial charge in [-0.1, -0.05) is 6.08 Å². The smallest absolute Gasteiger partial charge is 0.180 e. The third-order valence-electron chi connectivity index (χ3n) is 3.41. The Morgan fingerprint density at radius 1 is 1.39 bits per heavy atom. The fourth-order valence-electron chi connectivity index (χ4n) is 2.42. The second kappa shape index (κ2) is 4.28. The van der Waals surface area contributed by atoms with Crippen molar-refractivity contribution in [2.24, 2.45) is 0 Å². The molecule has 0 amide bonds. The molecule has 0 saturated heterocycles. The van der Waals surface area contributed by atoms with Crippen molar-refractivity contribution in [1.82, 2.24) is 9.55 Å². The van der Waals surface area contributed by atoms with Crippen LogP contribution in [0.1, 0.15) is 41.5 Å². The number of aromatic nitrogens is 2. The van der Waals surface area contributed by atoms with E-state index in [0.717, 1.165) is 11.7 Å². The van der Waals surface area contributed by atoms with E-state index in [-0.39, 0.29) is 0 Å². The summed E-state index contributed by atoms with van der Waals surface area (Å²) in [6, 6.07) is 2.99. The van der Waals surface area contributed by atoms with E-state index in [4.69, 9.17) is 5.73 Å². The fraction of sp³-hybridized carbons (Fsp3) is 0.357. The van der Waals surface area contributed by atoms with Crippen molar-refractivity contribution in [1.29, 1.82) is 0 Å². The Labute approximate surface area is 111 Å². The summed E-state index contributed by atoms with van der Waals surface area (Å²) in [6.07, 6.45) is 6.81. The van der Waals surface area contributed by atoms with E-state index >= 15 is 0 Å². The summed E-state index contributed by atoms with van der Waals surface area (Å²) in [5.41, 5.74) is 10.6. The molecule has 0 bridgehead atoms. The van der Waals surface area contributed by atoms with E-state index in [2.05, 4.69) is 35.5 Å². The maximum Gasteiger partial charge on any atom is 0.180 e. The lowest BCUT2D eigenvalue weighted by Crippen LogP contribution is -1.98. The van der Waals surface area contributed by atoms with Gasteiger partial charge in [0.2, 0.25) is 0 Å². The SMILES string of the molecule is Cc1cc(/C=C/c2csc(N)n2)c(C)n1C1CC1. The van der Waals surface area contributed by atoms with Crippen LogP contribution in [0.2, 0.25) is 0 Å². The third-order valence-corrected chi connectivity index (χ3v) is 4.10. The van der Waals surface area contributed by atoms with Gasteiger partial charge in [0.15, 0.2) is 5.13 Å². The molecule has 0 aliphatic heterocycles. The largest absolute Gasteiger partial charge is 0.375 e. The van der Waals surface area contributed by atoms with E-state index in [1.807, 2.05) is 11.5 Å². The van der Waals surface area contributed by atoms with Crippen molar-refractivity contribution in [3.63, 3.8) is 0 Å². The number of nitrogens with two attached hydrogens (primary N) is 1.